The summed E-state index contributed by atoms with van der Waals surface area (Å²) in [6.45, 7) is -0.114. The fourth-order valence-electron chi connectivity index (χ4n) is 2.06. The Balaban J connectivity index is 2.14. The first-order valence-corrected chi connectivity index (χ1v) is 7.00. The zero-order chi connectivity index (χ0) is 16.8. The molecule has 2 rings (SSSR count). The Bertz CT molecular complexity index is 745. The van der Waals surface area contributed by atoms with Crippen molar-refractivity contribution in [3.63, 3.8) is 0 Å². The first-order valence-electron chi connectivity index (χ1n) is 7.00. The molecule has 0 unspecified atom stereocenters. The lowest BCUT2D eigenvalue weighted by molar-refractivity contribution is 0.0696. The van der Waals surface area contributed by atoms with Crippen LogP contribution >= 0.6 is 0 Å². The highest BCUT2D eigenvalue weighted by Crippen LogP contribution is 2.19. The van der Waals surface area contributed by atoms with Crippen molar-refractivity contribution in [2.45, 2.75) is 6.42 Å². The second-order valence-electron chi connectivity index (χ2n) is 4.94. The van der Waals surface area contributed by atoms with Gasteiger partial charge in [-0.3, -0.25) is 4.79 Å². The smallest absolute Gasteiger partial charge is 0.335 e. The highest BCUT2D eigenvalue weighted by Gasteiger charge is 2.07. The van der Waals surface area contributed by atoms with Gasteiger partial charge in [-0.2, -0.15) is 0 Å². The van der Waals surface area contributed by atoms with Gasteiger partial charge in [0.25, 0.3) is 0 Å². The van der Waals surface area contributed by atoms with Crippen LogP contribution in [0.3, 0.4) is 0 Å². The molecular formula is C18H16O5. The molecule has 0 atom stereocenters. The van der Waals surface area contributed by atoms with Crippen LogP contribution in [0.4, 0.5) is 0 Å². The molecule has 0 aromatic heterocycles. The fourth-order valence-corrected chi connectivity index (χ4v) is 2.06. The zero-order valence-electron chi connectivity index (χ0n) is 12.3. The van der Waals surface area contributed by atoms with Gasteiger partial charge in [-0.05, 0) is 54.0 Å². The lowest BCUT2D eigenvalue weighted by atomic mass is 10.0. The number of phenols is 1. The first-order chi connectivity index (χ1) is 11.0. The zero-order valence-corrected chi connectivity index (χ0v) is 12.3. The summed E-state index contributed by atoms with van der Waals surface area (Å²) in [5.74, 6) is -1.20. The Morgan fingerprint density at radius 1 is 1.00 bits per heavy atom. The van der Waals surface area contributed by atoms with Crippen LogP contribution in [-0.4, -0.2) is 33.7 Å². The number of phenolic OH excluding ortho intramolecular Hbond substituents is 1. The van der Waals surface area contributed by atoms with Crippen LogP contribution in [0.2, 0.25) is 0 Å². The summed E-state index contributed by atoms with van der Waals surface area (Å²) in [6.07, 6.45) is 3.24. The topological polar surface area (TPSA) is 94.8 Å². The van der Waals surface area contributed by atoms with Crippen molar-refractivity contribution in [2.24, 2.45) is 0 Å². The van der Waals surface area contributed by atoms with Gasteiger partial charge in [0.1, 0.15) is 5.75 Å². The number of benzene rings is 2. The Labute approximate surface area is 133 Å². The van der Waals surface area contributed by atoms with Crippen molar-refractivity contribution in [1.29, 1.82) is 0 Å². The van der Waals surface area contributed by atoms with E-state index in [-0.39, 0.29) is 30.1 Å². The Kier molecular flexibility index (Phi) is 5.28. The minimum atomic E-state index is -1.00. The number of rotatable bonds is 6. The molecule has 3 N–H and O–H groups in total. The predicted molar refractivity (Wildman–Crippen MR) is 85.7 cm³/mol. The lowest BCUT2D eigenvalue weighted by Crippen LogP contribution is -1.98. The van der Waals surface area contributed by atoms with Crippen molar-refractivity contribution in [3.05, 3.63) is 70.8 Å². The molecule has 0 aliphatic heterocycles. The Morgan fingerprint density at radius 3 is 2.26 bits per heavy atom. The van der Waals surface area contributed by atoms with Gasteiger partial charge in [-0.15, -0.1) is 0 Å². The van der Waals surface area contributed by atoms with E-state index in [1.54, 1.807) is 24.3 Å². The maximum absolute atomic E-state index is 12.1. The van der Waals surface area contributed by atoms with E-state index in [1.807, 2.05) is 0 Å². The van der Waals surface area contributed by atoms with Crippen LogP contribution < -0.4 is 0 Å². The number of hydrogen-bond donors (Lipinski definition) is 3. The van der Waals surface area contributed by atoms with E-state index >= 15 is 0 Å². The summed E-state index contributed by atoms with van der Waals surface area (Å²) in [5, 5.41) is 27.4. The van der Waals surface area contributed by atoms with Crippen molar-refractivity contribution in [2.75, 3.05) is 6.61 Å². The maximum Gasteiger partial charge on any atom is 0.335 e. The second-order valence-corrected chi connectivity index (χ2v) is 4.94. The Morgan fingerprint density at radius 2 is 1.65 bits per heavy atom. The van der Waals surface area contributed by atoms with E-state index in [4.69, 9.17) is 10.2 Å². The monoisotopic (exact) mass is 312 g/mol. The van der Waals surface area contributed by atoms with Gasteiger partial charge in [-0.25, -0.2) is 4.79 Å². The number of ketones is 1. The summed E-state index contributed by atoms with van der Waals surface area (Å²) >= 11 is 0. The number of aliphatic hydroxyl groups is 1. The molecule has 23 heavy (non-hydrogen) atoms. The third kappa shape index (κ3) is 4.28. The van der Waals surface area contributed by atoms with Crippen LogP contribution in [0.15, 0.2) is 48.5 Å². The number of aromatic hydroxyl groups is 1. The molecule has 5 heteroatoms. The van der Waals surface area contributed by atoms with Gasteiger partial charge in [0, 0.05) is 12.2 Å². The third-order valence-corrected chi connectivity index (χ3v) is 3.33. The van der Waals surface area contributed by atoms with Crippen molar-refractivity contribution < 1.29 is 24.9 Å². The number of carboxylic acid groups (broad SMARTS) is 1. The molecule has 0 saturated carbocycles. The molecule has 0 fully saturated rings. The van der Waals surface area contributed by atoms with E-state index < -0.39 is 5.97 Å². The van der Waals surface area contributed by atoms with E-state index in [9.17, 15) is 14.7 Å². The van der Waals surface area contributed by atoms with Gasteiger partial charge in [0.15, 0.2) is 5.78 Å². The maximum atomic E-state index is 12.1. The van der Waals surface area contributed by atoms with E-state index in [0.717, 1.165) is 0 Å². The molecule has 0 radical (unpaired) electrons. The molecule has 0 amide bonds. The van der Waals surface area contributed by atoms with Gasteiger partial charge in [-0.1, -0.05) is 18.2 Å². The number of aromatic carboxylic acids is 1. The molecule has 0 aliphatic carbocycles. The van der Waals surface area contributed by atoms with Crippen molar-refractivity contribution >= 4 is 17.8 Å². The average Bonchev–Trinajstić information content (AvgIpc) is 2.55. The average molecular weight is 312 g/mol. The molecule has 2 aromatic rings. The Hall–Kier alpha value is -2.92. The van der Waals surface area contributed by atoms with Gasteiger partial charge < -0.3 is 15.3 Å². The number of hydrogen-bond acceptors (Lipinski definition) is 4. The predicted octanol–water partition coefficient (Wildman–Crippen LogP) is 2.52. The molecule has 0 bridgehead atoms. The highest BCUT2D eigenvalue weighted by molar-refractivity contribution is 6.07. The molecular weight excluding hydrogens is 296 g/mol. The van der Waals surface area contributed by atoms with Crippen molar-refractivity contribution in [1.82, 2.24) is 0 Å². The van der Waals surface area contributed by atoms with Gasteiger partial charge >= 0.3 is 5.97 Å². The molecule has 0 saturated heterocycles. The molecule has 118 valence electrons. The van der Waals surface area contributed by atoms with Gasteiger partial charge in [0.2, 0.25) is 0 Å². The summed E-state index contributed by atoms with van der Waals surface area (Å²) in [4.78, 5) is 22.9. The van der Waals surface area contributed by atoms with Crippen LogP contribution in [0.5, 0.6) is 5.75 Å². The quantitative estimate of drug-likeness (QED) is 0.563. The normalized spacial score (nSPS) is 10.8. The first kappa shape index (κ1) is 16.5. The van der Waals surface area contributed by atoms with E-state index in [1.165, 1.54) is 30.3 Å². The number of carbonyl (C=O) groups excluding carboxylic acids is 1. The fraction of sp³-hybridized carbons (Fsp3) is 0.111. The third-order valence-electron chi connectivity index (χ3n) is 3.33. The van der Waals surface area contributed by atoms with E-state index in [2.05, 4.69) is 0 Å². The molecule has 5 nitrogen and oxygen atoms in total. The van der Waals surface area contributed by atoms with E-state index in [0.29, 0.717) is 16.7 Å². The number of carbonyl (C=O) groups is 2. The van der Waals surface area contributed by atoms with Gasteiger partial charge in [0.05, 0.1) is 5.56 Å². The molecule has 2 aromatic carbocycles. The van der Waals surface area contributed by atoms with Crippen molar-refractivity contribution in [3.8, 4) is 5.75 Å². The summed E-state index contributed by atoms with van der Waals surface area (Å²) in [7, 11) is 0. The summed E-state index contributed by atoms with van der Waals surface area (Å²) < 4.78 is 0. The molecule has 0 heterocycles. The largest absolute Gasteiger partial charge is 0.508 e. The second kappa shape index (κ2) is 7.38. The molecule has 0 aliphatic rings. The minimum Gasteiger partial charge on any atom is -0.508 e. The molecule has 0 spiro atoms. The van der Waals surface area contributed by atoms with Crippen LogP contribution in [0, 0.1) is 0 Å². The highest BCUT2D eigenvalue weighted by atomic mass is 16.4. The summed E-state index contributed by atoms with van der Waals surface area (Å²) in [5.41, 5.74) is 1.81. The standard InChI is InChI=1S/C18H16O5/c19-10-9-15-11-14(6-8-17(15)21)16(20)7-3-12-1-4-13(5-2-12)18(22)23/h1-8,11,19,21H,9-10H2,(H,22,23)/b7-3+. The SMILES string of the molecule is O=C(O)c1ccc(/C=C/C(=O)c2ccc(O)c(CCO)c2)cc1. The van der Waals surface area contributed by atoms with Crippen LogP contribution in [0.1, 0.15) is 31.8 Å². The van der Waals surface area contributed by atoms with Crippen LogP contribution in [0.25, 0.3) is 6.08 Å². The number of aliphatic hydroxyl groups excluding tert-OH is 1. The number of allylic oxidation sites excluding steroid dienone is 1. The summed E-state index contributed by atoms with van der Waals surface area (Å²) in [6, 6.07) is 10.6. The number of carboxylic acids is 1. The van der Waals surface area contributed by atoms with Crippen LogP contribution in [-0.2, 0) is 6.42 Å². The lowest BCUT2D eigenvalue weighted by Gasteiger charge is -2.04. The minimum absolute atomic E-state index is 0.0452.